The third-order valence-electron chi connectivity index (χ3n) is 2.73. The Morgan fingerprint density at radius 1 is 1.57 bits per heavy atom. The van der Waals surface area contributed by atoms with Gasteiger partial charge in [0.05, 0.1) is 18.2 Å². The molecule has 2 heterocycles. The summed E-state index contributed by atoms with van der Waals surface area (Å²) in [6.07, 6.45) is 4.31. The van der Waals surface area contributed by atoms with Gasteiger partial charge in [-0.25, -0.2) is 0 Å². The quantitative estimate of drug-likeness (QED) is 0.764. The van der Waals surface area contributed by atoms with Crippen LogP contribution in [0.5, 0.6) is 5.75 Å². The molecule has 14 heavy (non-hydrogen) atoms. The largest absolute Gasteiger partial charge is 0.491 e. The number of aromatic nitrogens is 1. The van der Waals surface area contributed by atoms with Crippen LogP contribution in [0.4, 0.5) is 0 Å². The molecular formula is C10H16N2OS. The lowest BCUT2D eigenvalue weighted by molar-refractivity contribution is 0.160. The van der Waals surface area contributed by atoms with Gasteiger partial charge in [-0.2, -0.15) is 4.37 Å². The summed E-state index contributed by atoms with van der Waals surface area (Å²) in [6.45, 7) is 3.26. The first-order valence-corrected chi connectivity index (χ1v) is 5.89. The smallest absolute Gasteiger partial charge is 0.149 e. The zero-order chi connectivity index (χ0) is 9.80. The van der Waals surface area contributed by atoms with Crippen molar-refractivity contribution in [2.75, 3.05) is 26.7 Å². The molecular weight excluding hydrogens is 196 g/mol. The number of piperidine rings is 1. The fourth-order valence-corrected chi connectivity index (χ4v) is 2.17. The minimum Gasteiger partial charge on any atom is -0.491 e. The molecule has 0 radical (unpaired) electrons. The molecule has 0 atom stereocenters. The van der Waals surface area contributed by atoms with Gasteiger partial charge in [0.25, 0.3) is 0 Å². The van der Waals surface area contributed by atoms with Crippen molar-refractivity contribution in [3.8, 4) is 5.75 Å². The number of rotatable bonds is 3. The van der Waals surface area contributed by atoms with Crippen molar-refractivity contribution in [1.29, 1.82) is 0 Å². The van der Waals surface area contributed by atoms with Crippen LogP contribution >= 0.6 is 11.5 Å². The SMILES string of the molecule is CN1CCC(COc2cnsc2)CC1. The third kappa shape index (κ3) is 2.69. The van der Waals surface area contributed by atoms with Crippen LogP contribution in [0.25, 0.3) is 0 Å². The van der Waals surface area contributed by atoms with E-state index in [-0.39, 0.29) is 0 Å². The summed E-state index contributed by atoms with van der Waals surface area (Å²) < 4.78 is 9.66. The molecule has 0 spiro atoms. The van der Waals surface area contributed by atoms with Crippen molar-refractivity contribution in [2.45, 2.75) is 12.8 Å². The van der Waals surface area contributed by atoms with E-state index in [0.717, 1.165) is 18.3 Å². The standard InChI is InChI=1S/C10H16N2OS/c1-12-4-2-9(3-5-12)7-13-10-6-11-14-8-10/h6,8-9H,2-5,7H2,1H3. The lowest BCUT2D eigenvalue weighted by atomic mass is 9.98. The van der Waals surface area contributed by atoms with Crippen molar-refractivity contribution in [3.05, 3.63) is 11.6 Å². The average Bonchev–Trinajstić information content (AvgIpc) is 2.70. The highest BCUT2D eigenvalue weighted by atomic mass is 32.1. The Hall–Kier alpha value is -0.610. The first-order valence-electron chi connectivity index (χ1n) is 5.05. The van der Waals surface area contributed by atoms with Gasteiger partial charge in [-0.05, 0) is 50.4 Å². The molecule has 1 aliphatic rings. The normalized spacial score (nSPS) is 19.8. The third-order valence-corrected chi connectivity index (χ3v) is 3.30. The van der Waals surface area contributed by atoms with Gasteiger partial charge < -0.3 is 9.64 Å². The summed E-state index contributed by atoms with van der Waals surface area (Å²) in [5.74, 6) is 1.65. The topological polar surface area (TPSA) is 25.4 Å². The van der Waals surface area contributed by atoms with Crippen LogP contribution in [0.2, 0.25) is 0 Å². The molecule has 0 amide bonds. The molecule has 0 bridgehead atoms. The summed E-state index contributed by atoms with van der Waals surface area (Å²) in [5.41, 5.74) is 0. The highest BCUT2D eigenvalue weighted by Gasteiger charge is 2.17. The van der Waals surface area contributed by atoms with Gasteiger partial charge in [-0.15, -0.1) is 0 Å². The first kappa shape index (κ1) is 9.93. The number of ether oxygens (including phenoxy) is 1. The lowest BCUT2D eigenvalue weighted by Gasteiger charge is -2.28. The average molecular weight is 212 g/mol. The molecule has 2 rings (SSSR count). The predicted molar refractivity (Wildman–Crippen MR) is 57.8 cm³/mol. The van der Waals surface area contributed by atoms with Crippen LogP contribution in [0.3, 0.4) is 0 Å². The van der Waals surface area contributed by atoms with Gasteiger partial charge in [0.2, 0.25) is 0 Å². The molecule has 4 heteroatoms. The molecule has 1 aromatic rings. The van der Waals surface area contributed by atoms with E-state index in [1.165, 1.54) is 37.5 Å². The van der Waals surface area contributed by atoms with Crippen molar-refractivity contribution < 1.29 is 4.74 Å². The molecule has 1 aromatic heterocycles. The fraction of sp³-hybridized carbons (Fsp3) is 0.700. The van der Waals surface area contributed by atoms with E-state index in [0.29, 0.717) is 0 Å². The van der Waals surface area contributed by atoms with Gasteiger partial charge in [0.15, 0.2) is 0 Å². The summed E-state index contributed by atoms with van der Waals surface area (Å²) in [7, 11) is 2.18. The highest BCUT2D eigenvalue weighted by molar-refractivity contribution is 7.03. The van der Waals surface area contributed by atoms with E-state index in [4.69, 9.17) is 4.74 Å². The van der Waals surface area contributed by atoms with Gasteiger partial charge in [-0.3, -0.25) is 0 Å². The summed E-state index contributed by atoms with van der Waals surface area (Å²) >= 11 is 1.44. The van der Waals surface area contributed by atoms with Crippen LogP contribution in [0, 0.1) is 5.92 Å². The van der Waals surface area contributed by atoms with Crippen molar-refractivity contribution in [3.63, 3.8) is 0 Å². The van der Waals surface area contributed by atoms with Crippen LogP contribution in [-0.4, -0.2) is 36.0 Å². The maximum atomic E-state index is 5.65. The minimum atomic E-state index is 0.728. The second-order valence-corrected chi connectivity index (χ2v) is 4.58. The second-order valence-electron chi connectivity index (χ2n) is 3.92. The van der Waals surface area contributed by atoms with Gasteiger partial charge >= 0.3 is 0 Å². The molecule has 1 saturated heterocycles. The van der Waals surface area contributed by atoms with Crippen molar-refractivity contribution in [1.82, 2.24) is 9.27 Å². The Morgan fingerprint density at radius 3 is 3.00 bits per heavy atom. The van der Waals surface area contributed by atoms with Gasteiger partial charge in [0, 0.05) is 0 Å². The van der Waals surface area contributed by atoms with Crippen LogP contribution in [0.1, 0.15) is 12.8 Å². The second kappa shape index (κ2) is 4.75. The van der Waals surface area contributed by atoms with E-state index in [9.17, 15) is 0 Å². The lowest BCUT2D eigenvalue weighted by Crippen LogP contribution is -2.32. The van der Waals surface area contributed by atoms with Crippen LogP contribution < -0.4 is 4.74 Å². The fourth-order valence-electron chi connectivity index (χ4n) is 1.71. The number of hydrogen-bond acceptors (Lipinski definition) is 4. The number of likely N-dealkylation sites (tertiary alicyclic amines) is 1. The van der Waals surface area contributed by atoms with E-state index in [1.54, 1.807) is 6.20 Å². The highest BCUT2D eigenvalue weighted by Crippen LogP contribution is 2.18. The monoisotopic (exact) mass is 212 g/mol. The first-order chi connectivity index (χ1) is 6.84. The molecule has 0 aromatic carbocycles. The Balaban J connectivity index is 1.71. The van der Waals surface area contributed by atoms with E-state index >= 15 is 0 Å². The molecule has 3 nitrogen and oxygen atoms in total. The van der Waals surface area contributed by atoms with Crippen molar-refractivity contribution in [2.24, 2.45) is 5.92 Å². The maximum Gasteiger partial charge on any atom is 0.149 e. The van der Waals surface area contributed by atoms with Crippen LogP contribution in [-0.2, 0) is 0 Å². The molecule has 78 valence electrons. The van der Waals surface area contributed by atoms with E-state index in [1.807, 2.05) is 5.38 Å². The van der Waals surface area contributed by atoms with Gasteiger partial charge in [-0.1, -0.05) is 0 Å². The molecule has 1 fully saturated rings. The molecule has 0 N–H and O–H groups in total. The van der Waals surface area contributed by atoms with E-state index in [2.05, 4.69) is 16.3 Å². The maximum absolute atomic E-state index is 5.65. The molecule has 1 aliphatic heterocycles. The Kier molecular flexibility index (Phi) is 3.37. The zero-order valence-corrected chi connectivity index (χ0v) is 9.30. The predicted octanol–water partition coefficient (Wildman–Crippen LogP) is 1.86. The summed E-state index contributed by atoms with van der Waals surface area (Å²) in [5, 5.41) is 1.95. The van der Waals surface area contributed by atoms with Crippen molar-refractivity contribution >= 4 is 11.5 Å². The Bertz CT molecular complexity index is 255. The minimum absolute atomic E-state index is 0.728. The van der Waals surface area contributed by atoms with Crippen LogP contribution in [0.15, 0.2) is 11.6 Å². The Morgan fingerprint density at radius 2 is 2.36 bits per heavy atom. The van der Waals surface area contributed by atoms with E-state index < -0.39 is 0 Å². The summed E-state index contributed by atoms with van der Waals surface area (Å²) in [6, 6.07) is 0. The summed E-state index contributed by atoms with van der Waals surface area (Å²) in [4.78, 5) is 2.38. The number of nitrogens with zero attached hydrogens (tertiary/aromatic N) is 2. The Labute approximate surface area is 88.9 Å². The molecule has 0 unspecified atom stereocenters. The molecule has 0 saturated carbocycles. The molecule has 0 aliphatic carbocycles. The zero-order valence-electron chi connectivity index (χ0n) is 8.48. The van der Waals surface area contributed by atoms with Gasteiger partial charge in [0.1, 0.15) is 5.75 Å². The number of hydrogen-bond donors (Lipinski definition) is 0.